The van der Waals surface area contributed by atoms with Crippen LogP contribution < -0.4 is 20.1 Å². The number of aliphatic carboxylic acids is 1. The van der Waals surface area contributed by atoms with Crippen LogP contribution in [0.2, 0.25) is 0 Å². The van der Waals surface area contributed by atoms with E-state index in [0.717, 1.165) is 47.4 Å². The summed E-state index contributed by atoms with van der Waals surface area (Å²) >= 11 is 0. The van der Waals surface area contributed by atoms with Crippen LogP contribution in [0.1, 0.15) is 30.9 Å². The topological polar surface area (TPSA) is 98.8 Å². The normalized spacial score (nSPS) is 16.6. The van der Waals surface area contributed by atoms with Crippen LogP contribution in [0.5, 0.6) is 11.8 Å². The second-order valence-electron chi connectivity index (χ2n) is 11.4. The van der Waals surface area contributed by atoms with E-state index in [9.17, 15) is 14.7 Å². The SMILES string of the molecule is C[C@H]1CN(c2ccc3c(c2)n(C)c(=O)n3-c2ccc(OCc3ccccc3)nc2OCc2ccccc2)CC[C@H]1CC(=O)O. The maximum absolute atomic E-state index is 13.7. The summed E-state index contributed by atoms with van der Waals surface area (Å²) in [6, 6.07) is 29.3. The van der Waals surface area contributed by atoms with Gasteiger partial charge in [-0.15, -0.1) is 0 Å². The number of aromatic nitrogens is 3. The number of pyridine rings is 1. The van der Waals surface area contributed by atoms with Crippen molar-refractivity contribution in [3.63, 3.8) is 0 Å². The lowest BCUT2D eigenvalue weighted by Gasteiger charge is -2.37. The molecule has 1 aliphatic rings. The smallest absolute Gasteiger partial charge is 0.333 e. The molecule has 1 saturated heterocycles. The second kappa shape index (κ2) is 12.7. The van der Waals surface area contributed by atoms with Crippen molar-refractivity contribution in [3.8, 4) is 17.4 Å². The third-order valence-corrected chi connectivity index (χ3v) is 8.43. The average molecular weight is 593 g/mol. The number of carboxylic acid groups (broad SMARTS) is 1. The average Bonchev–Trinajstić information content (AvgIpc) is 3.29. The summed E-state index contributed by atoms with van der Waals surface area (Å²) in [5.41, 5.74) is 4.84. The number of ether oxygens (including phenoxy) is 2. The minimum absolute atomic E-state index is 0.166. The Labute approximate surface area is 255 Å². The summed E-state index contributed by atoms with van der Waals surface area (Å²) in [5, 5.41) is 9.27. The van der Waals surface area contributed by atoms with Gasteiger partial charge in [0.25, 0.3) is 0 Å². The van der Waals surface area contributed by atoms with E-state index >= 15 is 0 Å². The Morgan fingerprint density at radius 2 is 1.59 bits per heavy atom. The van der Waals surface area contributed by atoms with E-state index in [1.54, 1.807) is 22.2 Å². The summed E-state index contributed by atoms with van der Waals surface area (Å²) in [4.78, 5) is 32.0. The molecule has 3 heterocycles. The maximum Gasteiger partial charge on any atom is 0.333 e. The van der Waals surface area contributed by atoms with Gasteiger partial charge in [0, 0.05) is 38.3 Å². The first-order valence-electron chi connectivity index (χ1n) is 14.9. The van der Waals surface area contributed by atoms with E-state index in [4.69, 9.17) is 14.5 Å². The molecule has 0 saturated carbocycles. The standard InChI is InChI=1S/C35H36N4O5/c1-24-21-38(18-17-27(24)19-33(40)41)28-13-14-29-31(20-28)37(2)35(42)39(29)30-15-16-32(43-22-25-9-5-3-6-10-25)36-34(30)44-23-26-11-7-4-8-12-26/h3-16,20,24,27H,17-19,21-23H2,1-2H3,(H,40,41)/t24-,27-/m0/s1. The van der Waals surface area contributed by atoms with Gasteiger partial charge in [-0.2, -0.15) is 4.98 Å². The largest absolute Gasteiger partial charge is 0.481 e. The highest BCUT2D eigenvalue weighted by Crippen LogP contribution is 2.33. The Bertz CT molecular complexity index is 1820. The summed E-state index contributed by atoms with van der Waals surface area (Å²) < 4.78 is 15.5. The first kappa shape index (κ1) is 29.0. The van der Waals surface area contributed by atoms with Crippen LogP contribution >= 0.6 is 0 Å². The minimum Gasteiger partial charge on any atom is -0.481 e. The van der Waals surface area contributed by atoms with E-state index in [2.05, 4.69) is 11.8 Å². The highest BCUT2D eigenvalue weighted by atomic mass is 16.5. The number of piperidine rings is 1. The molecule has 0 bridgehead atoms. The first-order chi connectivity index (χ1) is 21.4. The number of fused-ring (bicyclic) bond motifs is 1. The number of benzene rings is 3. The molecule has 44 heavy (non-hydrogen) atoms. The molecule has 0 aliphatic carbocycles. The molecule has 1 fully saturated rings. The Hall–Kier alpha value is -5.05. The van der Waals surface area contributed by atoms with Gasteiger partial charge in [0.2, 0.25) is 11.8 Å². The summed E-state index contributed by atoms with van der Waals surface area (Å²) in [6.07, 6.45) is 1.02. The fraction of sp³-hybridized carbons (Fsp3) is 0.286. The van der Waals surface area contributed by atoms with Crippen LogP contribution in [0.3, 0.4) is 0 Å². The molecule has 0 amide bonds. The van der Waals surface area contributed by atoms with E-state index in [1.165, 1.54) is 0 Å². The maximum atomic E-state index is 13.7. The molecule has 1 aliphatic heterocycles. The van der Waals surface area contributed by atoms with Gasteiger partial charge in [0.1, 0.15) is 18.9 Å². The lowest BCUT2D eigenvalue weighted by Crippen LogP contribution is -2.40. The Kier molecular flexibility index (Phi) is 8.36. The predicted octanol–water partition coefficient (Wildman–Crippen LogP) is 5.82. The van der Waals surface area contributed by atoms with Gasteiger partial charge in [0.05, 0.1) is 11.0 Å². The number of nitrogens with zero attached hydrogens (tertiary/aromatic N) is 4. The van der Waals surface area contributed by atoms with Crippen molar-refractivity contribution < 1.29 is 19.4 Å². The van der Waals surface area contributed by atoms with Crippen LogP contribution in [0.4, 0.5) is 5.69 Å². The van der Waals surface area contributed by atoms with Crippen molar-refractivity contribution >= 4 is 22.7 Å². The fourth-order valence-corrected chi connectivity index (χ4v) is 5.94. The summed E-state index contributed by atoms with van der Waals surface area (Å²) in [6.45, 7) is 4.29. The van der Waals surface area contributed by atoms with Gasteiger partial charge < -0.3 is 19.5 Å². The van der Waals surface area contributed by atoms with Crippen LogP contribution in [-0.2, 0) is 25.1 Å². The summed E-state index contributed by atoms with van der Waals surface area (Å²) in [5.74, 6) is 0.371. The number of anilines is 1. The van der Waals surface area contributed by atoms with Crippen molar-refractivity contribution in [1.82, 2.24) is 14.1 Å². The lowest BCUT2D eigenvalue weighted by atomic mass is 9.84. The Balaban J connectivity index is 1.33. The van der Waals surface area contributed by atoms with E-state index < -0.39 is 5.97 Å². The zero-order valence-electron chi connectivity index (χ0n) is 24.9. The molecule has 2 aromatic heterocycles. The number of carbonyl (C=O) groups is 1. The molecule has 2 atom stereocenters. The lowest BCUT2D eigenvalue weighted by molar-refractivity contribution is -0.138. The van der Waals surface area contributed by atoms with Gasteiger partial charge in [-0.1, -0.05) is 67.6 Å². The van der Waals surface area contributed by atoms with Gasteiger partial charge in [0.15, 0.2) is 0 Å². The van der Waals surface area contributed by atoms with Crippen LogP contribution in [0.15, 0.2) is 95.8 Å². The Morgan fingerprint density at radius 3 is 2.25 bits per heavy atom. The molecule has 226 valence electrons. The molecule has 9 nitrogen and oxygen atoms in total. The van der Waals surface area contributed by atoms with Crippen molar-refractivity contribution in [2.24, 2.45) is 18.9 Å². The molecule has 1 N–H and O–H groups in total. The van der Waals surface area contributed by atoms with E-state index in [-0.39, 0.29) is 30.6 Å². The number of carboxylic acids is 1. The number of rotatable bonds is 10. The quantitative estimate of drug-likeness (QED) is 0.218. The van der Waals surface area contributed by atoms with Gasteiger partial charge in [-0.3, -0.25) is 13.9 Å². The van der Waals surface area contributed by atoms with Crippen LogP contribution in [-0.4, -0.2) is 38.3 Å². The molecule has 0 radical (unpaired) electrons. The van der Waals surface area contributed by atoms with Gasteiger partial charge in [-0.25, -0.2) is 4.79 Å². The third kappa shape index (κ3) is 6.17. The van der Waals surface area contributed by atoms with Gasteiger partial charge in [-0.05, 0) is 53.6 Å². The van der Waals surface area contributed by atoms with Crippen molar-refractivity contribution in [2.45, 2.75) is 33.0 Å². The molecule has 3 aromatic carbocycles. The summed E-state index contributed by atoms with van der Waals surface area (Å²) in [7, 11) is 1.77. The van der Waals surface area contributed by atoms with Crippen molar-refractivity contribution in [1.29, 1.82) is 0 Å². The second-order valence-corrected chi connectivity index (χ2v) is 11.4. The highest BCUT2D eigenvalue weighted by molar-refractivity contribution is 5.82. The number of hydrogen-bond acceptors (Lipinski definition) is 6. The molecular formula is C35H36N4O5. The zero-order chi connectivity index (χ0) is 30.6. The van der Waals surface area contributed by atoms with E-state index in [1.807, 2.05) is 84.9 Å². The Morgan fingerprint density at radius 1 is 0.909 bits per heavy atom. The van der Waals surface area contributed by atoms with Crippen molar-refractivity contribution in [2.75, 3.05) is 18.0 Å². The number of hydrogen-bond donors (Lipinski definition) is 1. The monoisotopic (exact) mass is 592 g/mol. The van der Waals surface area contributed by atoms with Crippen LogP contribution in [0, 0.1) is 11.8 Å². The number of aryl methyl sites for hydroxylation is 1. The van der Waals surface area contributed by atoms with Crippen molar-refractivity contribution in [3.05, 3.63) is 113 Å². The third-order valence-electron chi connectivity index (χ3n) is 8.43. The molecule has 5 aromatic rings. The molecular weight excluding hydrogens is 556 g/mol. The fourth-order valence-electron chi connectivity index (χ4n) is 5.94. The molecule has 0 spiro atoms. The number of imidazole rings is 1. The van der Waals surface area contributed by atoms with E-state index in [0.29, 0.717) is 24.1 Å². The zero-order valence-corrected chi connectivity index (χ0v) is 24.9. The minimum atomic E-state index is -0.745. The molecule has 0 unspecified atom stereocenters. The molecule has 6 rings (SSSR count). The first-order valence-corrected chi connectivity index (χ1v) is 14.9. The molecule has 9 heteroatoms. The van der Waals surface area contributed by atoms with Crippen LogP contribution in [0.25, 0.3) is 16.7 Å². The predicted molar refractivity (Wildman–Crippen MR) is 170 cm³/mol. The highest BCUT2D eigenvalue weighted by Gasteiger charge is 2.28. The van der Waals surface area contributed by atoms with Gasteiger partial charge >= 0.3 is 11.7 Å².